The first-order chi connectivity index (χ1) is 9.13. The number of rotatable bonds is 1. The van der Waals surface area contributed by atoms with Crippen LogP contribution in [0.3, 0.4) is 0 Å². The fourth-order valence-corrected chi connectivity index (χ4v) is 2.59. The molecule has 3 rings (SSSR count). The molecule has 1 atom stereocenters. The van der Waals surface area contributed by atoms with Crippen LogP contribution < -0.4 is 10.6 Å². The van der Waals surface area contributed by atoms with Crippen LogP contribution >= 0.6 is 12.2 Å². The fourth-order valence-electron chi connectivity index (χ4n) is 2.36. The maximum atomic E-state index is 9.63. The van der Waals surface area contributed by atoms with Gasteiger partial charge in [-0.3, -0.25) is 0 Å². The van der Waals surface area contributed by atoms with Crippen molar-refractivity contribution < 1.29 is 5.11 Å². The van der Waals surface area contributed by atoms with E-state index in [-0.39, 0.29) is 11.8 Å². The Morgan fingerprint density at radius 2 is 2.00 bits per heavy atom. The van der Waals surface area contributed by atoms with Gasteiger partial charge in [0.05, 0.1) is 6.04 Å². The Hall–Kier alpha value is -2.07. The van der Waals surface area contributed by atoms with Crippen LogP contribution in [-0.2, 0) is 0 Å². The highest BCUT2D eigenvalue weighted by Crippen LogP contribution is 2.33. The molecule has 3 N–H and O–H groups in total. The minimum absolute atomic E-state index is 0.0311. The highest BCUT2D eigenvalue weighted by atomic mass is 32.1. The first-order valence-corrected chi connectivity index (χ1v) is 6.51. The van der Waals surface area contributed by atoms with Crippen molar-refractivity contribution in [1.82, 2.24) is 5.32 Å². The van der Waals surface area contributed by atoms with Crippen molar-refractivity contribution in [3.05, 3.63) is 59.2 Å². The summed E-state index contributed by atoms with van der Waals surface area (Å²) in [5, 5.41) is 16.6. The number of benzene rings is 2. The normalized spacial score (nSPS) is 17.3. The molecular formula is C15H14N2OS. The monoisotopic (exact) mass is 270 g/mol. The van der Waals surface area contributed by atoms with Crippen molar-refractivity contribution in [3.8, 4) is 5.75 Å². The summed E-state index contributed by atoms with van der Waals surface area (Å²) in [6.45, 7) is 2.05. The number of thiocarbonyl (C=S) groups is 1. The molecule has 0 saturated carbocycles. The molecule has 0 saturated heterocycles. The highest BCUT2D eigenvalue weighted by Gasteiger charge is 2.23. The molecule has 96 valence electrons. The van der Waals surface area contributed by atoms with Gasteiger partial charge in [0.25, 0.3) is 0 Å². The molecule has 0 radical (unpaired) electrons. The first kappa shape index (κ1) is 12.0. The predicted octanol–water partition coefficient (Wildman–Crippen LogP) is 3.09. The topological polar surface area (TPSA) is 44.3 Å². The Balaban J connectivity index is 2.11. The second-order valence-electron chi connectivity index (χ2n) is 4.72. The zero-order valence-electron chi connectivity index (χ0n) is 10.5. The van der Waals surface area contributed by atoms with Gasteiger partial charge >= 0.3 is 0 Å². The summed E-state index contributed by atoms with van der Waals surface area (Å²) >= 11 is 5.25. The first-order valence-electron chi connectivity index (χ1n) is 6.10. The third-order valence-electron chi connectivity index (χ3n) is 3.25. The lowest BCUT2D eigenvalue weighted by atomic mass is 9.94. The number of fused-ring (bicyclic) bond motifs is 1. The molecule has 0 fully saturated rings. The zero-order valence-corrected chi connectivity index (χ0v) is 11.3. The summed E-state index contributed by atoms with van der Waals surface area (Å²) in [5.41, 5.74) is 4.33. The Bertz CT molecular complexity index is 654. The lowest BCUT2D eigenvalue weighted by Crippen LogP contribution is -2.38. The molecule has 1 aliphatic heterocycles. The van der Waals surface area contributed by atoms with Crippen LogP contribution in [0.25, 0.3) is 0 Å². The zero-order chi connectivity index (χ0) is 13.4. The van der Waals surface area contributed by atoms with Gasteiger partial charge in [0.2, 0.25) is 0 Å². The molecule has 0 aromatic heterocycles. The van der Waals surface area contributed by atoms with Crippen molar-refractivity contribution in [2.75, 3.05) is 5.32 Å². The van der Waals surface area contributed by atoms with E-state index in [2.05, 4.69) is 35.8 Å². The maximum Gasteiger partial charge on any atom is 0.171 e. The average Bonchev–Trinajstić information content (AvgIpc) is 2.37. The summed E-state index contributed by atoms with van der Waals surface area (Å²) < 4.78 is 0. The van der Waals surface area contributed by atoms with Crippen LogP contribution in [0.4, 0.5) is 5.69 Å². The minimum Gasteiger partial charge on any atom is -0.508 e. The number of anilines is 1. The molecule has 4 heteroatoms. The van der Waals surface area contributed by atoms with Crippen molar-refractivity contribution in [2.45, 2.75) is 13.0 Å². The molecule has 19 heavy (non-hydrogen) atoms. The predicted molar refractivity (Wildman–Crippen MR) is 80.5 cm³/mol. The van der Waals surface area contributed by atoms with E-state index < -0.39 is 0 Å². The summed E-state index contributed by atoms with van der Waals surface area (Å²) in [6, 6.07) is 13.5. The number of phenols is 1. The maximum absolute atomic E-state index is 9.63. The van der Waals surface area contributed by atoms with Crippen molar-refractivity contribution in [3.63, 3.8) is 0 Å². The van der Waals surface area contributed by atoms with Crippen molar-refractivity contribution >= 4 is 23.0 Å². The van der Waals surface area contributed by atoms with Crippen LogP contribution in [0.15, 0.2) is 42.5 Å². The van der Waals surface area contributed by atoms with Crippen LogP contribution in [0, 0.1) is 6.92 Å². The van der Waals surface area contributed by atoms with Crippen LogP contribution in [0.5, 0.6) is 5.75 Å². The van der Waals surface area contributed by atoms with Gasteiger partial charge < -0.3 is 15.7 Å². The van der Waals surface area contributed by atoms with E-state index in [0.29, 0.717) is 5.11 Å². The molecule has 0 bridgehead atoms. The van der Waals surface area contributed by atoms with E-state index >= 15 is 0 Å². The van der Waals surface area contributed by atoms with E-state index in [4.69, 9.17) is 12.2 Å². The third kappa shape index (κ3) is 2.27. The lowest BCUT2D eigenvalue weighted by Gasteiger charge is -2.29. The third-order valence-corrected chi connectivity index (χ3v) is 3.47. The lowest BCUT2D eigenvalue weighted by molar-refractivity contribution is 0.474. The largest absolute Gasteiger partial charge is 0.508 e. The quantitative estimate of drug-likeness (QED) is 0.697. The van der Waals surface area contributed by atoms with Gasteiger partial charge in [0, 0.05) is 11.3 Å². The summed E-state index contributed by atoms with van der Waals surface area (Å²) in [6.07, 6.45) is 0. The van der Waals surface area contributed by atoms with Gasteiger partial charge in [0.15, 0.2) is 5.11 Å². The van der Waals surface area contributed by atoms with E-state index in [1.165, 1.54) is 5.56 Å². The van der Waals surface area contributed by atoms with E-state index in [1.807, 2.05) is 12.1 Å². The number of phenolic OH excluding ortho intramolecular Hbond substituents is 1. The molecule has 0 amide bonds. The highest BCUT2D eigenvalue weighted by molar-refractivity contribution is 7.80. The summed E-state index contributed by atoms with van der Waals surface area (Å²) in [4.78, 5) is 0. The van der Waals surface area contributed by atoms with E-state index in [0.717, 1.165) is 16.8 Å². The van der Waals surface area contributed by atoms with Gasteiger partial charge in [-0.05, 0) is 48.5 Å². The van der Waals surface area contributed by atoms with Gasteiger partial charge in [0.1, 0.15) is 5.75 Å². The number of hydrogen-bond donors (Lipinski definition) is 3. The number of nitrogens with one attached hydrogen (secondary N) is 2. The molecule has 1 unspecified atom stereocenters. The van der Waals surface area contributed by atoms with Crippen LogP contribution in [0.2, 0.25) is 0 Å². The van der Waals surface area contributed by atoms with Gasteiger partial charge in [-0.15, -0.1) is 0 Å². The second kappa shape index (κ2) is 4.55. The second-order valence-corrected chi connectivity index (χ2v) is 5.13. The summed E-state index contributed by atoms with van der Waals surface area (Å²) in [5.74, 6) is 0.261. The molecule has 2 aromatic rings. The van der Waals surface area contributed by atoms with E-state index in [1.54, 1.807) is 12.1 Å². The van der Waals surface area contributed by atoms with Crippen molar-refractivity contribution in [1.29, 1.82) is 0 Å². The van der Waals surface area contributed by atoms with Crippen molar-refractivity contribution in [2.24, 2.45) is 0 Å². The molecule has 2 aromatic carbocycles. The summed E-state index contributed by atoms with van der Waals surface area (Å²) in [7, 11) is 0. The molecule has 3 nitrogen and oxygen atoms in total. The van der Waals surface area contributed by atoms with Gasteiger partial charge in [-0.1, -0.05) is 24.3 Å². The fraction of sp³-hybridized carbons (Fsp3) is 0.133. The molecular weight excluding hydrogens is 256 g/mol. The SMILES string of the molecule is Cc1ccc2c(c1)NC(=S)NC2c1cccc(O)c1. The number of hydrogen-bond acceptors (Lipinski definition) is 2. The molecule has 0 spiro atoms. The number of aryl methyl sites for hydroxylation is 1. The number of aromatic hydroxyl groups is 1. The van der Waals surface area contributed by atoms with Gasteiger partial charge in [-0.2, -0.15) is 0 Å². The standard InChI is InChI=1S/C15H14N2OS/c1-9-5-6-12-13(7-9)16-15(19)17-14(12)10-3-2-4-11(18)8-10/h2-8,14,18H,1H3,(H2,16,17,19). The van der Waals surface area contributed by atoms with Crippen LogP contribution in [-0.4, -0.2) is 10.2 Å². The Kier molecular flexibility index (Phi) is 2.87. The smallest absolute Gasteiger partial charge is 0.171 e. The molecule has 1 aliphatic rings. The Morgan fingerprint density at radius 1 is 1.16 bits per heavy atom. The minimum atomic E-state index is -0.0311. The van der Waals surface area contributed by atoms with Gasteiger partial charge in [-0.25, -0.2) is 0 Å². The Labute approximate surface area is 117 Å². The Morgan fingerprint density at radius 3 is 2.79 bits per heavy atom. The molecule has 1 heterocycles. The average molecular weight is 270 g/mol. The van der Waals surface area contributed by atoms with Crippen LogP contribution in [0.1, 0.15) is 22.7 Å². The molecule has 0 aliphatic carbocycles. The van der Waals surface area contributed by atoms with E-state index in [9.17, 15) is 5.11 Å².